The summed E-state index contributed by atoms with van der Waals surface area (Å²) in [5.41, 5.74) is -0.195. The van der Waals surface area contributed by atoms with Crippen LogP contribution >= 0.6 is 0 Å². The summed E-state index contributed by atoms with van der Waals surface area (Å²) < 4.78 is 45.2. The molecule has 0 saturated heterocycles. The van der Waals surface area contributed by atoms with Crippen molar-refractivity contribution in [3.8, 4) is 11.6 Å². The van der Waals surface area contributed by atoms with Gasteiger partial charge in [-0.25, -0.2) is 14.8 Å². The van der Waals surface area contributed by atoms with Gasteiger partial charge in [0, 0.05) is 12.1 Å². The molecule has 5 nitrogen and oxygen atoms in total. The maximum absolute atomic E-state index is 13.3. The van der Waals surface area contributed by atoms with Crippen molar-refractivity contribution in [2.24, 2.45) is 0 Å². The van der Waals surface area contributed by atoms with Crippen LogP contribution in [0.15, 0.2) is 24.5 Å². The Hall–Kier alpha value is -2.66. The number of ether oxygens (including phenoxy) is 1. The number of halogens is 3. The van der Waals surface area contributed by atoms with Crippen molar-refractivity contribution in [3.05, 3.63) is 52.8 Å². The smallest absolute Gasteiger partial charge is 0.410 e. The highest BCUT2D eigenvalue weighted by molar-refractivity contribution is 5.60. The van der Waals surface area contributed by atoms with Gasteiger partial charge in [-0.15, -0.1) is 0 Å². The van der Waals surface area contributed by atoms with E-state index in [1.165, 1.54) is 18.5 Å². The van der Waals surface area contributed by atoms with E-state index in [4.69, 9.17) is 11.3 Å². The Morgan fingerprint density at radius 3 is 2.83 bits per heavy atom. The number of aromatic nitrogens is 2. The Balaban J connectivity index is 2.07. The van der Waals surface area contributed by atoms with E-state index in [1.54, 1.807) is 0 Å². The Kier molecular flexibility index (Phi) is 3.88. The van der Waals surface area contributed by atoms with Crippen LogP contribution in [0.1, 0.15) is 16.8 Å². The summed E-state index contributed by atoms with van der Waals surface area (Å²) in [5.74, 6) is -0.324. The Labute approximate surface area is 130 Å². The zero-order chi connectivity index (χ0) is 16.4. The second-order valence-corrected chi connectivity index (χ2v) is 4.89. The van der Waals surface area contributed by atoms with Crippen LogP contribution in [0.25, 0.3) is 4.85 Å². The van der Waals surface area contributed by atoms with Crippen LogP contribution in [0.3, 0.4) is 0 Å². The number of benzene rings is 1. The first-order valence-corrected chi connectivity index (χ1v) is 6.79. The number of nitrogens with one attached hydrogen (secondary N) is 1. The van der Waals surface area contributed by atoms with Crippen LogP contribution in [-0.2, 0) is 19.1 Å². The molecule has 0 amide bonds. The van der Waals surface area contributed by atoms with Gasteiger partial charge in [0.05, 0.1) is 12.3 Å². The number of nitrogens with zero attached hydrogens (tertiary/aromatic N) is 3. The number of fused-ring (bicyclic) bond motifs is 1. The number of rotatable bonds is 2. The number of alkyl halides is 3. The molecule has 1 aliphatic rings. The molecule has 118 valence electrons. The minimum Gasteiger partial charge on any atom is -0.439 e. The van der Waals surface area contributed by atoms with Crippen molar-refractivity contribution in [3.63, 3.8) is 0 Å². The van der Waals surface area contributed by atoms with Gasteiger partial charge in [0.15, 0.2) is 0 Å². The minimum absolute atomic E-state index is 0.101. The predicted molar refractivity (Wildman–Crippen MR) is 75.2 cm³/mol. The van der Waals surface area contributed by atoms with Crippen molar-refractivity contribution < 1.29 is 17.9 Å². The molecule has 0 spiro atoms. The first kappa shape index (κ1) is 15.2. The van der Waals surface area contributed by atoms with Gasteiger partial charge in [0.2, 0.25) is 11.6 Å². The van der Waals surface area contributed by atoms with Gasteiger partial charge in [0.25, 0.3) is 0 Å². The molecule has 2 aromatic rings. The molecule has 0 bridgehead atoms. The molecule has 0 saturated carbocycles. The van der Waals surface area contributed by atoms with E-state index >= 15 is 0 Å². The van der Waals surface area contributed by atoms with Crippen LogP contribution in [0.2, 0.25) is 0 Å². The van der Waals surface area contributed by atoms with Crippen molar-refractivity contribution in [1.82, 2.24) is 15.3 Å². The molecule has 0 fully saturated rings. The lowest BCUT2D eigenvalue weighted by Gasteiger charge is -2.20. The summed E-state index contributed by atoms with van der Waals surface area (Å²) in [7, 11) is 0. The molecule has 1 aromatic carbocycles. The van der Waals surface area contributed by atoms with Gasteiger partial charge in [-0.3, -0.25) is 0 Å². The fraction of sp³-hybridized carbons (Fsp3) is 0.267. The Bertz CT molecular complexity index is 783. The third kappa shape index (κ3) is 2.96. The van der Waals surface area contributed by atoms with Crippen molar-refractivity contribution in [2.75, 3.05) is 6.54 Å². The molecule has 0 radical (unpaired) electrons. The van der Waals surface area contributed by atoms with Crippen LogP contribution in [0.4, 0.5) is 18.9 Å². The molecule has 8 heteroatoms. The van der Waals surface area contributed by atoms with Gasteiger partial charge in [-0.05, 0) is 19.0 Å². The fourth-order valence-corrected chi connectivity index (χ4v) is 2.43. The highest BCUT2D eigenvalue weighted by atomic mass is 19.4. The van der Waals surface area contributed by atoms with Crippen LogP contribution in [-0.4, -0.2) is 16.5 Å². The average Bonchev–Trinajstić information content (AvgIpc) is 2.54. The fourth-order valence-electron chi connectivity index (χ4n) is 2.43. The summed E-state index contributed by atoms with van der Waals surface area (Å²) in [5, 5.41) is 3.12. The van der Waals surface area contributed by atoms with Crippen LogP contribution in [0.5, 0.6) is 11.6 Å². The highest BCUT2D eigenvalue weighted by Gasteiger charge is 2.37. The van der Waals surface area contributed by atoms with E-state index in [0.29, 0.717) is 30.8 Å². The van der Waals surface area contributed by atoms with E-state index in [2.05, 4.69) is 20.1 Å². The van der Waals surface area contributed by atoms with Crippen LogP contribution in [0, 0.1) is 6.57 Å². The van der Waals surface area contributed by atoms with E-state index < -0.39 is 23.2 Å². The molecule has 0 atom stereocenters. The Morgan fingerprint density at radius 2 is 2.09 bits per heavy atom. The molecular formula is C15H11F3N4O. The predicted octanol–water partition coefficient (Wildman–Crippen LogP) is 3.48. The lowest BCUT2D eigenvalue weighted by atomic mass is 10.1. The lowest BCUT2D eigenvalue weighted by Crippen LogP contribution is -2.25. The van der Waals surface area contributed by atoms with Gasteiger partial charge in [-0.2, -0.15) is 13.2 Å². The van der Waals surface area contributed by atoms with E-state index in [-0.39, 0.29) is 5.88 Å². The van der Waals surface area contributed by atoms with E-state index in [9.17, 15) is 13.2 Å². The zero-order valence-electron chi connectivity index (χ0n) is 11.8. The van der Waals surface area contributed by atoms with Gasteiger partial charge >= 0.3 is 6.18 Å². The topological polar surface area (TPSA) is 51.4 Å². The normalized spacial score (nSPS) is 14.0. The molecule has 1 aliphatic heterocycles. The molecule has 3 rings (SSSR count). The summed E-state index contributed by atoms with van der Waals surface area (Å²) in [6.45, 7) is 8.12. The zero-order valence-corrected chi connectivity index (χ0v) is 11.8. The third-order valence-electron chi connectivity index (χ3n) is 3.45. The first-order chi connectivity index (χ1) is 11.0. The maximum Gasteiger partial charge on any atom is 0.410 e. The Morgan fingerprint density at radius 1 is 1.26 bits per heavy atom. The largest absolute Gasteiger partial charge is 0.439 e. The standard InChI is InChI=1S/C15H11F3N4O/c1-19-10-3-2-4-12(13(10)15(16,17)18)23-14-9-5-6-20-7-11(9)21-8-22-14/h2-4,8,20H,5-7H2. The van der Waals surface area contributed by atoms with E-state index in [1.807, 2.05) is 0 Å². The molecule has 1 N–H and O–H groups in total. The van der Waals surface area contributed by atoms with Crippen LogP contribution < -0.4 is 10.1 Å². The molecule has 0 unspecified atom stereocenters. The second-order valence-electron chi connectivity index (χ2n) is 4.89. The molecule has 23 heavy (non-hydrogen) atoms. The molecule has 0 aliphatic carbocycles. The first-order valence-electron chi connectivity index (χ1n) is 6.79. The van der Waals surface area contributed by atoms with Gasteiger partial charge in [0.1, 0.15) is 17.6 Å². The quantitative estimate of drug-likeness (QED) is 0.861. The van der Waals surface area contributed by atoms with Crippen molar-refractivity contribution in [1.29, 1.82) is 0 Å². The summed E-state index contributed by atoms with van der Waals surface area (Å²) >= 11 is 0. The van der Waals surface area contributed by atoms with Crippen molar-refractivity contribution >= 4 is 5.69 Å². The molecule has 2 heterocycles. The summed E-state index contributed by atoms with van der Waals surface area (Å²) in [6.07, 6.45) is -2.87. The minimum atomic E-state index is -4.69. The average molecular weight is 320 g/mol. The molecular weight excluding hydrogens is 309 g/mol. The maximum atomic E-state index is 13.3. The van der Waals surface area contributed by atoms with Crippen molar-refractivity contribution in [2.45, 2.75) is 19.1 Å². The third-order valence-corrected chi connectivity index (χ3v) is 3.45. The van der Waals surface area contributed by atoms with Gasteiger partial charge in [-0.1, -0.05) is 12.1 Å². The number of hydrogen-bond donors (Lipinski definition) is 1. The number of hydrogen-bond acceptors (Lipinski definition) is 4. The SMILES string of the molecule is [C-]#[N+]c1cccc(Oc2ncnc3c2CCNC3)c1C(F)(F)F. The summed E-state index contributed by atoms with van der Waals surface area (Å²) in [6, 6.07) is 3.66. The van der Waals surface area contributed by atoms with E-state index in [0.717, 1.165) is 6.07 Å². The monoisotopic (exact) mass is 320 g/mol. The van der Waals surface area contributed by atoms with Gasteiger partial charge < -0.3 is 10.1 Å². The highest BCUT2D eigenvalue weighted by Crippen LogP contribution is 2.44. The molecule has 1 aromatic heterocycles. The summed E-state index contributed by atoms with van der Waals surface area (Å²) in [4.78, 5) is 11.0. The lowest BCUT2D eigenvalue weighted by molar-refractivity contribution is -0.137. The second kappa shape index (κ2) is 5.85.